The summed E-state index contributed by atoms with van der Waals surface area (Å²) in [6.45, 7) is 2.29. The van der Waals surface area contributed by atoms with Crippen molar-refractivity contribution in [2.24, 2.45) is 0 Å². The second-order valence-electron chi connectivity index (χ2n) is 6.14. The van der Waals surface area contributed by atoms with Gasteiger partial charge in [0.1, 0.15) is 0 Å². The molecule has 0 N–H and O–H groups in total. The largest absolute Gasteiger partial charge is 0.366 e. The summed E-state index contributed by atoms with van der Waals surface area (Å²) in [5, 5.41) is 0. The van der Waals surface area contributed by atoms with Crippen molar-refractivity contribution >= 4 is 0 Å². The van der Waals surface area contributed by atoms with Crippen LogP contribution in [0.2, 0.25) is 0 Å². The van der Waals surface area contributed by atoms with Crippen molar-refractivity contribution in [3.05, 3.63) is 0 Å². The van der Waals surface area contributed by atoms with Crippen molar-refractivity contribution in [2.45, 2.75) is 102 Å². The Morgan fingerprint density at radius 2 is 1.65 bits per heavy atom. The van der Waals surface area contributed by atoms with Gasteiger partial charge in [0, 0.05) is 0 Å². The minimum atomic E-state index is 0.389. The standard InChI is InChI=1S/C16H30O/c1-2-3-4-5-6-7-8-10-13-16-14-11-9-12-15(16)17-16/h15H,2-14H2,1H3. The number of rotatable bonds is 9. The number of ether oxygens (including phenoxy) is 1. The number of fused-ring (bicyclic) bond motifs is 1. The summed E-state index contributed by atoms with van der Waals surface area (Å²) in [5.41, 5.74) is 0.389. The van der Waals surface area contributed by atoms with E-state index in [2.05, 4.69) is 6.92 Å². The van der Waals surface area contributed by atoms with Gasteiger partial charge < -0.3 is 4.74 Å². The van der Waals surface area contributed by atoms with E-state index in [-0.39, 0.29) is 0 Å². The third kappa shape index (κ3) is 3.98. The van der Waals surface area contributed by atoms with Crippen LogP contribution in [0.25, 0.3) is 0 Å². The Labute approximate surface area is 107 Å². The quantitative estimate of drug-likeness (QED) is 0.396. The van der Waals surface area contributed by atoms with E-state index in [1.807, 2.05) is 0 Å². The van der Waals surface area contributed by atoms with E-state index in [0.29, 0.717) is 11.7 Å². The van der Waals surface area contributed by atoms with E-state index in [1.165, 1.54) is 83.5 Å². The molecule has 0 aromatic carbocycles. The van der Waals surface area contributed by atoms with Crippen LogP contribution in [-0.4, -0.2) is 11.7 Å². The highest BCUT2D eigenvalue weighted by Gasteiger charge is 2.55. The molecule has 2 aliphatic rings. The Bertz CT molecular complexity index is 214. The molecule has 1 aliphatic carbocycles. The summed E-state index contributed by atoms with van der Waals surface area (Å²) in [7, 11) is 0. The summed E-state index contributed by atoms with van der Waals surface area (Å²) in [6.07, 6.45) is 19.0. The molecule has 2 atom stereocenters. The minimum Gasteiger partial charge on any atom is -0.366 e. The second kappa shape index (κ2) is 6.78. The van der Waals surface area contributed by atoms with Gasteiger partial charge in [-0.05, 0) is 19.3 Å². The summed E-state index contributed by atoms with van der Waals surface area (Å²) in [4.78, 5) is 0. The summed E-state index contributed by atoms with van der Waals surface area (Å²) in [5.74, 6) is 0. The lowest BCUT2D eigenvalue weighted by molar-refractivity contribution is 0.265. The van der Waals surface area contributed by atoms with Gasteiger partial charge in [0.25, 0.3) is 0 Å². The van der Waals surface area contributed by atoms with Gasteiger partial charge in [0.2, 0.25) is 0 Å². The summed E-state index contributed by atoms with van der Waals surface area (Å²) >= 11 is 0. The van der Waals surface area contributed by atoms with Crippen molar-refractivity contribution in [1.29, 1.82) is 0 Å². The molecule has 0 aromatic heterocycles. The number of epoxide rings is 1. The maximum atomic E-state index is 5.93. The normalized spacial score (nSPS) is 31.2. The zero-order valence-electron chi connectivity index (χ0n) is 11.7. The molecule has 1 aliphatic heterocycles. The van der Waals surface area contributed by atoms with E-state index in [9.17, 15) is 0 Å². The van der Waals surface area contributed by atoms with Gasteiger partial charge in [-0.2, -0.15) is 0 Å². The van der Waals surface area contributed by atoms with Crippen molar-refractivity contribution in [1.82, 2.24) is 0 Å². The predicted octanol–water partition coefficient (Wildman–Crippen LogP) is 5.23. The molecule has 17 heavy (non-hydrogen) atoms. The molecule has 2 rings (SSSR count). The fourth-order valence-corrected chi connectivity index (χ4v) is 3.45. The topological polar surface area (TPSA) is 12.5 Å². The Kier molecular flexibility index (Phi) is 5.34. The molecule has 2 unspecified atom stereocenters. The van der Waals surface area contributed by atoms with Gasteiger partial charge in [-0.1, -0.05) is 71.1 Å². The smallest absolute Gasteiger partial charge is 0.0948 e. The zero-order valence-corrected chi connectivity index (χ0v) is 11.7. The maximum Gasteiger partial charge on any atom is 0.0948 e. The molecule has 0 radical (unpaired) electrons. The summed E-state index contributed by atoms with van der Waals surface area (Å²) < 4.78 is 5.93. The first kappa shape index (κ1) is 13.4. The van der Waals surface area contributed by atoms with Crippen LogP contribution in [0.3, 0.4) is 0 Å². The van der Waals surface area contributed by atoms with E-state index in [0.717, 1.165) is 0 Å². The van der Waals surface area contributed by atoms with Crippen LogP contribution in [0.1, 0.15) is 90.4 Å². The molecule has 1 heterocycles. The first-order valence-corrected chi connectivity index (χ1v) is 8.05. The summed E-state index contributed by atoms with van der Waals surface area (Å²) in [6, 6.07) is 0. The molecule has 0 bridgehead atoms. The van der Waals surface area contributed by atoms with E-state index < -0.39 is 0 Å². The molecular weight excluding hydrogens is 208 g/mol. The Morgan fingerprint density at radius 3 is 2.35 bits per heavy atom. The molecule has 1 nitrogen and oxygen atoms in total. The van der Waals surface area contributed by atoms with Crippen molar-refractivity contribution in [3.8, 4) is 0 Å². The van der Waals surface area contributed by atoms with Crippen LogP contribution < -0.4 is 0 Å². The fourth-order valence-electron chi connectivity index (χ4n) is 3.45. The van der Waals surface area contributed by atoms with Gasteiger partial charge in [0.15, 0.2) is 0 Å². The highest BCUT2D eigenvalue weighted by molar-refractivity contribution is 5.04. The van der Waals surface area contributed by atoms with E-state index in [1.54, 1.807) is 0 Å². The van der Waals surface area contributed by atoms with Crippen LogP contribution in [-0.2, 0) is 4.74 Å². The third-order valence-corrected chi connectivity index (χ3v) is 4.68. The van der Waals surface area contributed by atoms with Crippen molar-refractivity contribution in [2.75, 3.05) is 0 Å². The number of hydrogen-bond donors (Lipinski definition) is 0. The maximum absolute atomic E-state index is 5.93. The highest BCUT2D eigenvalue weighted by Crippen LogP contribution is 2.50. The van der Waals surface area contributed by atoms with E-state index in [4.69, 9.17) is 4.74 Å². The number of unbranched alkanes of at least 4 members (excludes halogenated alkanes) is 7. The first-order chi connectivity index (χ1) is 8.37. The molecule has 1 heteroatoms. The lowest BCUT2D eigenvalue weighted by Crippen LogP contribution is -2.18. The lowest BCUT2D eigenvalue weighted by Gasteiger charge is -2.16. The van der Waals surface area contributed by atoms with E-state index >= 15 is 0 Å². The van der Waals surface area contributed by atoms with Crippen LogP contribution >= 0.6 is 0 Å². The highest BCUT2D eigenvalue weighted by atomic mass is 16.6. The average Bonchev–Trinajstić information content (AvgIpc) is 3.07. The molecule has 0 aromatic rings. The van der Waals surface area contributed by atoms with Crippen molar-refractivity contribution < 1.29 is 4.74 Å². The molecule has 0 amide bonds. The van der Waals surface area contributed by atoms with Gasteiger partial charge in [0.05, 0.1) is 11.7 Å². The fraction of sp³-hybridized carbons (Fsp3) is 1.00. The Morgan fingerprint density at radius 1 is 0.941 bits per heavy atom. The zero-order chi connectivity index (χ0) is 12.0. The molecule has 0 spiro atoms. The minimum absolute atomic E-state index is 0.389. The lowest BCUT2D eigenvalue weighted by atomic mass is 9.85. The Hall–Kier alpha value is -0.0400. The first-order valence-electron chi connectivity index (χ1n) is 8.05. The monoisotopic (exact) mass is 238 g/mol. The molecule has 1 saturated carbocycles. The number of hydrogen-bond acceptors (Lipinski definition) is 1. The van der Waals surface area contributed by atoms with Gasteiger partial charge in [-0.3, -0.25) is 0 Å². The molecule has 2 fully saturated rings. The van der Waals surface area contributed by atoms with Crippen LogP contribution in [0, 0.1) is 0 Å². The molecule has 1 saturated heterocycles. The second-order valence-corrected chi connectivity index (χ2v) is 6.14. The van der Waals surface area contributed by atoms with Gasteiger partial charge in [-0.15, -0.1) is 0 Å². The van der Waals surface area contributed by atoms with Crippen LogP contribution in [0.15, 0.2) is 0 Å². The average molecular weight is 238 g/mol. The molecular formula is C16H30O. The third-order valence-electron chi connectivity index (χ3n) is 4.68. The SMILES string of the molecule is CCCCCCCCCCC12CCCCC1O2. The molecule has 100 valence electrons. The Balaban J connectivity index is 1.42. The van der Waals surface area contributed by atoms with Gasteiger partial charge in [-0.25, -0.2) is 0 Å². The van der Waals surface area contributed by atoms with Crippen molar-refractivity contribution in [3.63, 3.8) is 0 Å². The van der Waals surface area contributed by atoms with Gasteiger partial charge >= 0.3 is 0 Å². The van der Waals surface area contributed by atoms with Crippen LogP contribution in [0.4, 0.5) is 0 Å². The van der Waals surface area contributed by atoms with Crippen LogP contribution in [0.5, 0.6) is 0 Å². The predicted molar refractivity (Wildman–Crippen MR) is 73.3 cm³/mol.